The first kappa shape index (κ1) is 23.1. The molecule has 0 saturated carbocycles. The third-order valence-electron chi connectivity index (χ3n) is 5.09. The lowest BCUT2D eigenvalue weighted by Gasteiger charge is -2.38. The predicted molar refractivity (Wildman–Crippen MR) is 109 cm³/mol. The van der Waals surface area contributed by atoms with Gasteiger partial charge in [0.2, 0.25) is 5.91 Å². The zero-order chi connectivity index (χ0) is 22.6. The molecule has 0 bridgehead atoms. The number of amides is 1. The van der Waals surface area contributed by atoms with Crippen molar-refractivity contribution in [1.82, 2.24) is 10.2 Å². The summed E-state index contributed by atoms with van der Waals surface area (Å²) in [5, 5.41) is 2.91. The van der Waals surface area contributed by atoms with E-state index < -0.39 is 17.6 Å². The highest BCUT2D eigenvalue weighted by molar-refractivity contribution is 5.80. The second kappa shape index (κ2) is 9.68. The minimum atomic E-state index is -4.42. The molecule has 1 amide bonds. The van der Waals surface area contributed by atoms with Gasteiger partial charge in [-0.3, -0.25) is 9.69 Å². The molecule has 0 aromatic heterocycles. The average molecular weight is 438 g/mol. The van der Waals surface area contributed by atoms with Crippen molar-refractivity contribution in [2.75, 3.05) is 19.6 Å². The summed E-state index contributed by atoms with van der Waals surface area (Å²) in [6.45, 7) is 6.15. The summed E-state index contributed by atoms with van der Waals surface area (Å²) in [6.07, 6.45) is -4.42. The Kier molecular flexibility index (Phi) is 7.20. The monoisotopic (exact) mass is 438 g/mol. The van der Waals surface area contributed by atoms with Crippen LogP contribution in [0, 0.1) is 17.7 Å². The number of rotatable bonds is 8. The van der Waals surface area contributed by atoms with E-state index in [9.17, 15) is 22.4 Å². The molecule has 2 aromatic rings. The highest BCUT2D eigenvalue weighted by Crippen LogP contribution is 2.30. The lowest BCUT2D eigenvalue weighted by atomic mass is 9.98. The van der Waals surface area contributed by atoms with Gasteiger partial charge in [0.05, 0.1) is 11.5 Å². The highest BCUT2D eigenvalue weighted by Gasteiger charge is 2.33. The SMILES string of the molecule is CC(C)CNC(=O)C1CN(Cc2ccc(OCc3cccc(C(F)(F)F)c3)cc2F)C1. The molecule has 1 fully saturated rings. The molecule has 0 atom stereocenters. The summed E-state index contributed by atoms with van der Waals surface area (Å²) in [6, 6.07) is 9.28. The molecule has 31 heavy (non-hydrogen) atoms. The zero-order valence-electron chi connectivity index (χ0n) is 17.5. The third kappa shape index (κ3) is 6.43. The van der Waals surface area contributed by atoms with E-state index in [-0.39, 0.29) is 24.2 Å². The minimum Gasteiger partial charge on any atom is -0.489 e. The van der Waals surface area contributed by atoms with Gasteiger partial charge in [0.15, 0.2) is 0 Å². The Morgan fingerprint density at radius 1 is 1.19 bits per heavy atom. The largest absolute Gasteiger partial charge is 0.489 e. The maximum atomic E-state index is 14.4. The number of benzene rings is 2. The summed E-state index contributed by atoms with van der Waals surface area (Å²) in [7, 11) is 0. The molecule has 2 aromatic carbocycles. The smallest absolute Gasteiger partial charge is 0.416 e. The van der Waals surface area contributed by atoms with Gasteiger partial charge in [-0.15, -0.1) is 0 Å². The number of likely N-dealkylation sites (tertiary alicyclic amines) is 1. The molecule has 8 heteroatoms. The molecule has 1 N–H and O–H groups in total. The topological polar surface area (TPSA) is 41.6 Å². The number of nitrogens with one attached hydrogen (secondary N) is 1. The van der Waals surface area contributed by atoms with Gasteiger partial charge in [-0.2, -0.15) is 13.2 Å². The zero-order valence-corrected chi connectivity index (χ0v) is 17.5. The van der Waals surface area contributed by atoms with Crippen LogP contribution >= 0.6 is 0 Å². The predicted octanol–water partition coefficient (Wildman–Crippen LogP) is 4.63. The third-order valence-corrected chi connectivity index (χ3v) is 5.09. The van der Waals surface area contributed by atoms with E-state index in [1.165, 1.54) is 18.2 Å². The first-order chi connectivity index (χ1) is 14.6. The van der Waals surface area contributed by atoms with E-state index in [4.69, 9.17) is 4.74 Å². The van der Waals surface area contributed by atoms with Crippen LogP contribution in [0.1, 0.15) is 30.5 Å². The number of nitrogens with zero attached hydrogens (tertiary/aromatic N) is 1. The van der Waals surface area contributed by atoms with Crippen molar-refractivity contribution in [2.24, 2.45) is 11.8 Å². The van der Waals surface area contributed by atoms with Crippen molar-refractivity contribution in [3.63, 3.8) is 0 Å². The normalized spacial score (nSPS) is 15.1. The van der Waals surface area contributed by atoms with Crippen LogP contribution in [0.25, 0.3) is 0 Å². The standard InChI is InChI=1S/C23H26F4N2O2/c1-15(2)10-28-22(30)18-12-29(13-18)11-17-6-7-20(9-21(17)24)31-14-16-4-3-5-19(8-16)23(25,26)27/h3-9,15,18H,10-14H2,1-2H3,(H,28,30). The van der Waals surface area contributed by atoms with E-state index in [1.807, 2.05) is 18.7 Å². The molecule has 0 spiro atoms. The van der Waals surface area contributed by atoms with Crippen molar-refractivity contribution in [3.8, 4) is 5.75 Å². The Hall–Kier alpha value is -2.61. The van der Waals surface area contributed by atoms with Crippen molar-refractivity contribution in [3.05, 3.63) is 65.0 Å². The molecule has 1 heterocycles. The Morgan fingerprint density at radius 3 is 2.58 bits per heavy atom. The van der Waals surface area contributed by atoms with E-state index in [1.54, 1.807) is 12.1 Å². The second-order valence-electron chi connectivity index (χ2n) is 8.27. The van der Waals surface area contributed by atoms with Crippen LogP contribution in [0.15, 0.2) is 42.5 Å². The van der Waals surface area contributed by atoms with Gasteiger partial charge in [-0.25, -0.2) is 4.39 Å². The van der Waals surface area contributed by atoms with Gasteiger partial charge in [0.25, 0.3) is 0 Å². The number of hydrogen-bond donors (Lipinski definition) is 1. The first-order valence-corrected chi connectivity index (χ1v) is 10.2. The van der Waals surface area contributed by atoms with Crippen LogP contribution in [0.5, 0.6) is 5.75 Å². The van der Waals surface area contributed by atoms with Gasteiger partial charge in [-0.1, -0.05) is 32.0 Å². The van der Waals surface area contributed by atoms with E-state index in [0.717, 1.165) is 12.1 Å². The fourth-order valence-corrected chi connectivity index (χ4v) is 3.30. The Balaban J connectivity index is 1.49. The number of alkyl halides is 3. The molecule has 1 aliphatic rings. The first-order valence-electron chi connectivity index (χ1n) is 10.2. The second-order valence-corrected chi connectivity index (χ2v) is 8.27. The van der Waals surface area contributed by atoms with Crippen molar-refractivity contribution >= 4 is 5.91 Å². The van der Waals surface area contributed by atoms with Crippen molar-refractivity contribution in [2.45, 2.75) is 33.2 Å². The number of halogens is 4. The van der Waals surface area contributed by atoms with E-state index in [2.05, 4.69) is 5.32 Å². The van der Waals surface area contributed by atoms with Crippen LogP contribution in [0.2, 0.25) is 0 Å². The summed E-state index contributed by atoms with van der Waals surface area (Å²) < 4.78 is 58.3. The van der Waals surface area contributed by atoms with E-state index >= 15 is 0 Å². The fourth-order valence-electron chi connectivity index (χ4n) is 3.30. The molecular weight excluding hydrogens is 412 g/mol. The quantitative estimate of drug-likeness (QED) is 0.612. The summed E-state index contributed by atoms with van der Waals surface area (Å²) in [4.78, 5) is 14.0. The minimum absolute atomic E-state index is 0.0313. The summed E-state index contributed by atoms with van der Waals surface area (Å²) in [5.74, 6) is 0.145. The summed E-state index contributed by atoms with van der Waals surface area (Å²) in [5.41, 5.74) is 0.0787. The average Bonchev–Trinajstić information content (AvgIpc) is 2.67. The van der Waals surface area contributed by atoms with Crippen LogP contribution in [-0.2, 0) is 24.1 Å². The maximum absolute atomic E-state index is 14.4. The van der Waals surface area contributed by atoms with Gasteiger partial charge in [0.1, 0.15) is 18.2 Å². The molecule has 168 valence electrons. The molecular formula is C23H26F4N2O2. The van der Waals surface area contributed by atoms with Gasteiger partial charge in [-0.05, 0) is 29.7 Å². The van der Waals surface area contributed by atoms with Crippen LogP contribution in [-0.4, -0.2) is 30.4 Å². The fraction of sp³-hybridized carbons (Fsp3) is 0.435. The van der Waals surface area contributed by atoms with Crippen LogP contribution in [0.4, 0.5) is 17.6 Å². The molecule has 0 aliphatic carbocycles. The van der Waals surface area contributed by atoms with Gasteiger partial charge in [0, 0.05) is 37.8 Å². The maximum Gasteiger partial charge on any atom is 0.416 e. The summed E-state index contributed by atoms with van der Waals surface area (Å²) >= 11 is 0. The molecule has 1 aliphatic heterocycles. The lowest BCUT2D eigenvalue weighted by molar-refractivity contribution is -0.137. The number of ether oxygens (including phenoxy) is 1. The van der Waals surface area contributed by atoms with E-state index in [0.29, 0.717) is 43.2 Å². The van der Waals surface area contributed by atoms with Crippen LogP contribution in [0.3, 0.4) is 0 Å². The van der Waals surface area contributed by atoms with Crippen molar-refractivity contribution < 1.29 is 27.1 Å². The number of carbonyl (C=O) groups is 1. The Morgan fingerprint density at radius 2 is 1.94 bits per heavy atom. The Labute approximate surface area is 179 Å². The number of carbonyl (C=O) groups excluding carboxylic acids is 1. The lowest BCUT2D eigenvalue weighted by Crippen LogP contribution is -2.53. The Bertz CT molecular complexity index is 909. The highest BCUT2D eigenvalue weighted by atomic mass is 19.4. The van der Waals surface area contributed by atoms with Crippen LogP contribution < -0.4 is 10.1 Å². The molecule has 3 rings (SSSR count). The number of hydrogen-bond acceptors (Lipinski definition) is 3. The van der Waals surface area contributed by atoms with Gasteiger partial charge < -0.3 is 10.1 Å². The molecule has 0 unspecified atom stereocenters. The molecule has 0 radical (unpaired) electrons. The molecule has 1 saturated heterocycles. The molecule has 4 nitrogen and oxygen atoms in total. The van der Waals surface area contributed by atoms with Crippen molar-refractivity contribution in [1.29, 1.82) is 0 Å². The van der Waals surface area contributed by atoms with Gasteiger partial charge >= 0.3 is 6.18 Å².